The minimum absolute atomic E-state index is 0.826. The standard InChI is InChI=1S/C19H19.2ClH.Zr/c1-4-15-7-5-6-8-17(15)19-14(3)9-10-16-11-13(2)12-18(16)19;;;/h5-12H,4H2,1-3H3;2*1H;/q-1;;;+2/p-2. The molecule has 0 spiro atoms. The fraction of sp³-hybridized carbons (Fsp3) is 0.211. The van der Waals surface area contributed by atoms with E-state index in [-0.39, 0.29) is 0 Å². The Morgan fingerprint density at radius 2 is 1.73 bits per heavy atom. The second kappa shape index (κ2) is 8.39. The number of rotatable bonds is 2. The van der Waals surface area contributed by atoms with Crippen molar-refractivity contribution in [3.8, 4) is 11.1 Å². The van der Waals surface area contributed by atoms with E-state index in [1.807, 2.05) is 0 Å². The second-order valence-corrected chi connectivity index (χ2v) is 9.11. The van der Waals surface area contributed by atoms with E-state index in [1.54, 1.807) is 0 Å². The van der Waals surface area contributed by atoms with Gasteiger partial charge in [-0.05, 0) is 24.5 Å². The molecule has 3 heteroatoms. The number of benzene rings is 2. The number of hydrogen-bond donors (Lipinski definition) is 0. The molecule has 0 unspecified atom stereocenters. The van der Waals surface area contributed by atoms with E-state index in [1.165, 1.54) is 38.6 Å². The normalized spacial score (nSPS) is 10.2. The third kappa shape index (κ3) is 3.88. The number of hydrogen-bond acceptors (Lipinski definition) is 0. The Morgan fingerprint density at radius 3 is 2.41 bits per heavy atom. The van der Waals surface area contributed by atoms with Gasteiger partial charge in [0, 0.05) is 0 Å². The minimum atomic E-state index is -0.826. The first-order valence-electron chi connectivity index (χ1n) is 7.33. The first kappa shape index (κ1) is 17.9. The summed E-state index contributed by atoms with van der Waals surface area (Å²) in [5.74, 6) is 0. The van der Waals surface area contributed by atoms with E-state index < -0.39 is 20.8 Å². The van der Waals surface area contributed by atoms with E-state index in [9.17, 15) is 0 Å². The molecule has 0 aromatic heterocycles. The molecule has 0 N–H and O–H groups in total. The van der Waals surface area contributed by atoms with Gasteiger partial charge in [-0.25, -0.2) is 0 Å². The molecule has 114 valence electrons. The van der Waals surface area contributed by atoms with Crippen LogP contribution in [0.4, 0.5) is 0 Å². The summed E-state index contributed by atoms with van der Waals surface area (Å²) in [4.78, 5) is 0. The van der Waals surface area contributed by atoms with Crippen LogP contribution in [0.5, 0.6) is 0 Å². The summed E-state index contributed by atoms with van der Waals surface area (Å²) in [5.41, 5.74) is 6.92. The summed E-state index contributed by atoms with van der Waals surface area (Å²) in [6.07, 6.45) is 1.08. The van der Waals surface area contributed by atoms with Gasteiger partial charge in [-0.1, -0.05) is 49.2 Å². The predicted molar refractivity (Wildman–Crippen MR) is 95.5 cm³/mol. The molecule has 0 saturated carbocycles. The van der Waals surface area contributed by atoms with Crippen molar-refractivity contribution < 1.29 is 20.8 Å². The van der Waals surface area contributed by atoms with Crippen LogP contribution in [0.15, 0.2) is 48.5 Å². The van der Waals surface area contributed by atoms with Gasteiger partial charge in [0.1, 0.15) is 0 Å². The van der Waals surface area contributed by atoms with Gasteiger partial charge in [0.05, 0.1) is 0 Å². The molecule has 3 aromatic rings. The van der Waals surface area contributed by atoms with Crippen LogP contribution in [0.25, 0.3) is 21.9 Å². The SMILES string of the molecule is CCc1ccccc1-c1c(C)ccc2[cH-]c(C)cc12.[Cl][Zr][Cl]. The fourth-order valence-corrected chi connectivity index (χ4v) is 2.97. The van der Waals surface area contributed by atoms with Crippen molar-refractivity contribution in [2.24, 2.45) is 0 Å². The zero-order valence-corrected chi connectivity index (χ0v) is 17.1. The van der Waals surface area contributed by atoms with Crippen molar-refractivity contribution in [2.75, 3.05) is 0 Å². The first-order valence-corrected chi connectivity index (χ1v) is 13.7. The average molecular weight is 409 g/mol. The van der Waals surface area contributed by atoms with Gasteiger partial charge in [0.2, 0.25) is 0 Å². The molecule has 3 aromatic carbocycles. The summed E-state index contributed by atoms with van der Waals surface area (Å²) in [5, 5.41) is 2.74. The monoisotopic (exact) mass is 407 g/mol. The quantitative estimate of drug-likeness (QED) is 0.409. The van der Waals surface area contributed by atoms with Crippen LogP contribution >= 0.6 is 17.0 Å². The Morgan fingerprint density at radius 1 is 1.05 bits per heavy atom. The van der Waals surface area contributed by atoms with Gasteiger partial charge >= 0.3 is 37.9 Å². The maximum absolute atomic E-state index is 4.93. The topological polar surface area (TPSA) is 0 Å². The third-order valence-corrected chi connectivity index (χ3v) is 3.91. The molecule has 0 aliphatic rings. The van der Waals surface area contributed by atoms with Crippen molar-refractivity contribution in [1.29, 1.82) is 0 Å². The van der Waals surface area contributed by atoms with Crippen molar-refractivity contribution in [1.82, 2.24) is 0 Å². The Balaban J connectivity index is 0.000000545. The molecule has 0 amide bonds. The molecule has 0 radical (unpaired) electrons. The first-order chi connectivity index (χ1) is 10.6. The van der Waals surface area contributed by atoms with E-state index in [0.717, 1.165) is 6.42 Å². The van der Waals surface area contributed by atoms with Crippen LogP contribution in [-0.4, -0.2) is 0 Å². The predicted octanol–water partition coefficient (Wildman–Crippen LogP) is 6.78. The molecule has 0 heterocycles. The third-order valence-electron chi connectivity index (χ3n) is 3.91. The Kier molecular flexibility index (Phi) is 6.81. The molecular weight excluding hydrogens is 390 g/mol. The second-order valence-electron chi connectivity index (χ2n) is 5.38. The van der Waals surface area contributed by atoms with Crippen LogP contribution in [0.1, 0.15) is 23.6 Å². The molecule has 0 saturated heterocycles. The zero-order chi connectivity index (χ0) is 16.1. The molecule has 3 rings (SSSR count). The molecule has 0 aliphatic carbocycles. The molecule has 0 nitrogen and oxygen atoms in total. The van der Waals surface area contributed by atoms with Gasteiger partial charge in [-0.15, -0.1) is 34.5 Å². The van der Waals surface area contributed by atoms with E-state index >= 15 is 0 Å². The van der Waals surface area contributed by atoms with E-state index in [2.05, 4.69) is 69.3 Å². The van der Waals surface area contributed by atoms with Gasteiger partial charge < -0.3 is 0 Å². The number of fused-ring (bicyclic) bond motifs is 1. The molecule has 0 atom stereocenters. The summed E-state index contributed by atoms with van der Waals surface area (Å²) >= 11 is -0.826. The van der Waals surface area contributed by atoms with Gasteiger partial charge in [0.25, 0.3) is 0 Å². The van der Waals surface area contributed by atoms with Crippen LogP contribution in [0.3, 0.4) is 0 Å². The van der Waals surface area contributed by atoms with Crippen molar-refractivity contribution in [2.45, 2.75) is 27.2 Å². The Hall–Kier alpha value is -0.487. The zero-order valence-electron chi connectivity index (χ0n) is 13.1. The van der Waals surface area contributed by atoms with Crippen molar-refractivity contribution in [3.63, 3.8) is 0 Å². The van der Waals surface area contributed by atoms with Crippen molar-refractivity contribution in [3.05, 3.63) is 65.2 Å². The molecule has 0 fully saturated rings. The molecule has 0 aliphatic heterocycles. The van der Waals surface area contributed by atoms with Crippen LogP contribution < -0.4 is 0 Å². The van der Waals surface area contributed by atoms with Crippen LogP contribution in [-0.2, 0) is 27.3 Å². The van der Waals surface area contributed by atoms with Crippen LogP contribution in [0, 0.1) is 13.8 Å². The molecular formula is C19H19Cl2Zr-. The summed E-state index contributed by atoms with van der Waals surface area (Å²) in [7, 11) is 9.87. The fourth-order valence-electron chi connectivity index (χ4n) is 2.97. The molecule has 22 heavy (non-hydrogen) atoms. The average Bonchev–Trinajstić information content (AvgIpc) is 2.88. The van der Waals surface area contributed by atoms with Crippen molar-refractivity contribution >= 4 is 27.8 Å². The Labute approximate surface area is 151 Å². The summed E-state index contributed by atoms with van der Waals surface area (Å²) in [6.45, 7) is 6.61. The van der Waals surface area contributed by atoms with Gasteiger partial charge in [0.15, 0.2) is 0 Å². The number of aryl methyl sites for hydroxylation is 3. The Bertz CT molecular complexity index is 759. The summed E-state index contributed by atoms with van der Waals surface area (Å²) in [6, 6.07) is 17.8. The summed E-state index contributed by atoms with van der Waals surface area (Å²) < 4.78 is 0. The van der Waals surface area contributed by atoms with Crippen LogP contribution in [0.2, 0.25) is 0 Å². The van der Waals surface area contributed by atoms with Gasteiger partial charge in [-0.2, -0.15) is 6.07 Å². The van der Waals surface area contributed by atoms with Gasteiger partial charge in [-0.3, -0.25) is 0 Å². The number of halogens is 2. The maximum atomic E-state index is 4.93. The van der Waals surface area contributed by atoms with E-state index in [4.69, 9.17) is 17.0 Å². The molecule has 0 bridgehead atoms. The van der Waals surface area contributed by atoms with E-state index in [0.29, 0.717) is 0 Å².